The summed E-state index contributed by atoms with van der Waals surface area (Å²) in [6.45, 7) is 6.70. The highest BCUT2D eigenvalue weighted by atomic mass is 32.2. The van der Waals surface area contributed by atoms with E-state index in [1.807, 2.05) is 6.92 Å². The van der Waals surface area contributed by atoms with Crippen LogP contribution >= 0.6 is 11.8 Å². The van der Waals surface area contributed by atoms with E-state index < -0.39 is 47.7 Å². The largest absolute Gasteiger partial charge is 0.463 e. The number of esters is 3. The molecule has 1 fully saturated rings. The molecular formula is C16H25NO8S. The third-order valence-corrected chi connectivity index (χ3v) is 4.47. The zero-order chi connectivity index (χ0) is 19.9. The molecule has 0 aliphatic carbocycles. The molecule has 0 aromatic heterocycles. The van der Waals surface area contributed by atoms with Crippen LogP contribution in [0.4, 0.5) is 0 Å². The first-order chi connectivity index (χ1) is 12.1. The number of hydrogen-bond donors (Lipinski definition) is 1. The highest BCUT2D eigenvalue weighted by Crippen LogP contribution is 2.32. The van der Waals surface area contributed by atoms with Gasteiger partial charge < -0.3 is 24.3 Å². The van der Waals surface area contributed by atoms with E-state index in [1.165, 1.54) is 39.5 Å². The molecule has 26 heavy (non-hydrogen) atoms. The van der Waals surface area contributed by atoms with Crippen molar-refractivity contribution in [2.24, 2.45) is 0 Å². The lowest BCUT2D eigenvalue weighted by atomic mass is 9.97. The topological polar surface area (TPSA) is 117 Å². The van der Waals surface area contributed by atoms with Crippen LogP contribution in [0.5, 0.6) is 0 Å². The zero-order valence-corrected chi connectivity index (χ0v) is 16.3. The van der Waals surface area contributed by atoms with E-state index in [0.717, 1.165) is 0 Å². The summed E-state index contributed by atoms with van der Waals surface area (Å²) in [5.74, 6) is -1.44. The molecule has 10 heteroatoms. The molecule has 0 aromatic carbocycles. The lowest BCUT2D eigenvalue weighted by molar-refractivity contribution is -0.211. The molecule has 1 aliphatic rings. The molecule has 0 saturated carbocycles. The van der Waals surface area contributed by atoms with E-state index in [-0.39, 0.29) is 12.5 Å². The number of ether oxygens (including phenoxy) is 4. The first-order valence-electron chi connectivity index (χ1n) is 8.17. The molecule has 1 aliphatic heterocycles. The van der Waals surface area contributed by atoms with Crippen molar-refractivity contribution in [2.45, 2.75) is 64.4 Å². The fourth-order valence-electron chi connectivity index (χ4n) is 2.60. The number of nitrogens with one attached hydrogen (secondary N) is 1. The van der Waals surface area contributed by atoms with Gasteiger partial charge in [0.05, 0.1) is 0 Å². The molecule has 3 unspecified atom stereocenters. The average molecular weight is 391 g/mol. The Morgan fingerprint density at radius 1 is 0.962 bits per heavy atom. The molecule has 0 spiro atoms. The number of hydrogen-bond acceptors (Lipinski definition) is 9. The van der Waals surface area contributed by atoms with Crippen LogP contribution in [0.3, 0.4) is 0 Å². The van der Waals surface area contributed by atoms with Crippen molar-refractivity contribution in [3.63, 3.8) is 0 Å². The maximum atomic E-state index is 11.6. The van der Waals surface area contributed by atoms with Crippen LogP contribution < -0.4 is 5.32 Å². The fourth-order valence-corrected chi connectivity index (χ4v) is 3.58. The smallest absolute Gasteiger partial charge is 0.303 e. The third-order valence-electron chi connectivity index (χ3n) is 3.40. The van der Waals surface area contributed by atoms with E-state index in [9.17, 15) is 19.2 Å². The third kappa shape index (κ3) is 6.83. The van der Waals surface area contributed by atoms with E-state index in [0.29, 0.717) is 5.75 Å². The quantitative estimate of drug-likeness (QED) is 0.486. The number of thioether (sulfide) groups is 1. The molecule has 1 heterocycles. The zero-order valence-electron chi connectivity index (χ0n) is 15.5. The van der Waals surface area contributed by atoms with Gasteiger partial charge in [0.1, 0.15) is 24.2 Å². The van der Waals surface area contributed by atoms with Crippen molar-refractivity contribution < 1.29 is 38.1 Å². The Hall–Kier alpha value is -1.81. The van der Waals surface area contributed by atoms with Gasteiger partial charge in [-0.3, -0.25) is 19.2 Å². The van der Waals surface area contributed by atoms with Crippen LogP contribution in [0.1, 0.15) is 34.6 Å². The Bertz CT molecular complexity index is 540. The van der Waals surface area contributed by atoms with Crippen LogP contribution in [-0.4, -0.2) is 66.0 Å². The van der Waals surface area contributed by atoms with Crippen molar-refractivity contribution in [3.8, 4) is 0 Å². The molecular weight excluding hydrogens is 366 g/mol. The molecule has 1 rings (SSSR count). The van der Waals surface area contributed by atoms with Crippen LogP contribution in [0.2, 0.25) is 0 Å². The predicted octanol–water partition coefficient (Wildman–Crippen LogP) is 0.396. The lowest BCUT2D eigenvalue weighted by Crippen LogP contribution is -2.65. The van der Waals surface area contributed by atoms with Gasteiger partial charge in [0, 0.05) is 27.7 Å². The summed E-state index contributed by atoms with van der Waals surface area (Å²) < 4.78 is 21.6. The Balaban J connectivity index is 3.22. The van der Waals surface area contributed by atoms with Crippen molar-refractivity contribution in [1.82, 2.24) is 5.32 Å². The van der Waals surface area contributed by atoms with Crippen LogP contribution in [0, 0.1) is 0 Å². The van der Waals surface area contributed by atoms with Crippen LogP contribution in [0.15, 0.2) is 0 Å². The highest BCUT2D eigenvalue weighted by Gasteiger charge is 2.50. The van der Waals surface area contributed by atoms with E-state index in [1.54, 1.807) is 0 Å². The van der Waals surface area contributed by atoms with Crippen LogP contribution in [-0.2, 0) is 38.1 Å². The molecule has 1 amide bonds. The van der Waals surface area contributed by atoms with Crippen molar-refractivity contribution in [3.05, 3.63) is 0 Å². The minimum Gasteiger partial charge on any atom is -0.463 e. The van der Waals surface area contributed by atoms with Crippen LogP contribution in [0.25, 0.3) is 0 Å². The summed E-state index contributed by atoms with van der Waals surface area (Å²) in [4.78, 5) is 45.9. The average Bonchev–Trinajstić information content (AvgIpc) is 2.50. The monoisotopic (exact) mass is 391 g/mol. The normalized spacial score (nSPS) is 28.0. The summed E-state index contributed by atoms with van der Waals surface area (Å²) >= 11 is 1.38. The summed E-state index contributed by atoms with van der Waals surface area (Å²) in [5, 5.41) is 2.70. The maximum Gasteiger partial charge on any atom is 0.303 e. The van der Waals surface area contributed by atoms with Gasteiger partial charge >= 0.3 is 17.9 Å². The summed E-state index contributed by atoms with van der Waals surface area (Å²) in [7, 11) is 0. The van der Waals surface area contributed by atoms with Gasteiger partial charge in [-0.05, 0) is 5.75 Å². The minimum absolute atomic E-state index is 0.182. The number of rotatable bonds is 7. The second kappa shape index (κ2) is 10.4. The van der Waals surface area contributed by atoms with Gasteiger partial charge in [-0.15, -0.1) is 11.8 Å². The molecule has 0 radical (unpaired) electrons. The van der Waals surface area contributed by atoms with Gasteiger partial charge in [-0.25, -0.2) is 0 Å². The SMILES string of the molecule is CCS[C@@H]1OC(COC(C)=O)[C@H](OC(C)=O)C(OC(C)=O)C1NC(C)=O. The molecule has 9 nitrogen and oxygen atoms in total. The predicted molar refractivity (Wildman–Crippen MR) is 92.1 cm³/mol. The Kier molecular flexibility index (Phi) is 8.86. The second-order valence-corrected chi connectivity index (χ2v) is 7.05. The van der Waals surface area contributed by atoms with Crippen molar-refractivity contribution in [1.29, 1.82) is 0 Å². The minimum atomic E-state index is -1.04. The number of carbonyl (C=O) groups excluding carboxylic acids is 4. The Labute approximate surface area is 156 Å². The Morgan fingerprint density at radius 3 is 2.00 bits per heavy atom. The van der Waals surface area contributed by atoms with E-state index in [4.69, 9.17) is 18.9 Å². The van der Waals surface area contributed by atoms with Gasteiger partial charge in [-0.2, -0.15) is 0 Å². The molecule has 1 N–H and O–H groups in total. The van der Waals surface area contributed by atoms with E-state index >= 15 is 0 Å². The molecule has 148 valence electrons. The van der Waals surface area contributed by atoms with Crippen molar-refractivity contribution >= 4 is 35.6 Å². The fraction of sp³-hybridized carbons (Fsp3) is 0.750. The molecule has 0 aromatic rings. The number of carbonyl (C=O) groups is 4. The van der Waals surface area contributed by atoms with Gasteiger partial charge in [-0.1, -0.05) is 6.92 Å². The summed E-state index contributed by atoms with van der Waals surface area (Å²) in [6, 6.07) is -0.737. The van der Waals surface area contributed by atoms with Gasteiger partial charge in [0.2, 0.25) is 5.91 Å². The molecule has 0 bridgehead atoms. The Morgan fingerprint density at radius 2 is 1.54 bits per heavy atom. The lowest BCUT2D eigenvalue weighted by Gasteiger charge is -2.45. The summed E-state index contributed by atoms with van der Waals surface area (Å²) in [5.41, 5.74) is -0.583. The first-order valence-corrected chi connectivity index (χ1v) is 9.22. The number of amides is 1. The van der Waals surface area contributed by atoms with E-state index in [2.05, 4.69) is 5.32 Å². The van der Waals surface area contributed by atoms with Gasteiger partial charge in [0.25, 0.3) is 0 Å². The van der Waals surface area contributed by atoms with Crippen molar-refractivity contribution in [2.75, 3.05) is 12.4 Å². The molecule has 1 saturated heterocycles. The first kappa shape index (κ1) is 22.2. The maximum absolute atomic E-state index is 11.6. The highest BCUT2D eigenvalue weighted by molar-refractivity contribution is 7.99. The standard InChI is InChI=1S/C16H25NO8S/c1-6-26-16-13(17-8(2)18)15(24-11(5)21)14(23-10(4)20)12(25-16)7-22-9(3)19/h12-16H,6-7H2,1-5H3,(H,17,18)/t12?,13?,14-,15?,16-/m0/s1. The molecule has 5 atom stereocenters. The second-order valence-electron chi connectivity index (χ2n) is 5.68. The van der Waals surface area contributed by atoms with Gasteiger partial charge in [0.15, 0.2) is 12.2 Å². The summed E-state index contributed by atoms with van der Waals surface area (Å²) in [6.07, 6.45) is -2.87.